The number of fused-ring (bicyclic) bond motifs is 1. The summed E-state index contributed by atoms with van der Waals surface area (Å²) in [4.78, 5) is 51.6. The average molecular weight is 450 g/mol. The molecular weight excluding hydrogens is 422 g/mol. The molecule has 0 atom stereocenters. The molecule has 1 aliphatic heterocycles. The molecule has 1 heterocycles. The fourth-order valence-corrected chi connectivity index (χ4v) is 4.26. The van der Waals surface area contributed by atoms with Crippen molar-refractivity contribution in [3.63, 3.8) is 0 Å². The highest BCUT2D eigenvalue weighted by atomic mass is 16.5. The van der Waals surface area contributed by atoms with Crippen LogP contribution in [0.4, 0.5) is 5.69 Å². The molecule has 0 unspecified atom stereocenters. The van der Waals surface area contributed by atoms with E-state index in [2.05, 4.69) is 10.6 Å². The standard InChI is InChI=1S/C25H27N3O5/c1-2-33-19-11-9-18(10-12-19)28-24(31)20-13-8-16(14-21(20)25(28)32)23(30)26-15-22(29)27-17-6-4-3-5-7-17/h8-14,17H,2-7,15H2,1H3,(H,26,30)(H,27,29). The van der Waals surface area contributed by atoms with Gasteiger partial charge in [0.2, 0.25) is 5.91 Å². The number of hydrogen-bond donors (Lipinski definition) is 2. The van der Waals surface area contributed by atoms with Crippen LogP contribution in [-0.2, 0) is 4.79 Å². The van der Waals surface area contributed by atoms with E-state index in [-0.39, 0.29) is 35.2 Å². The highest BCUT2D eigenvalue weighted by Crippen LogP contribution is 2.30. The van der Waals surface area contributed by atoms with E-state index in [9.17, 15) is 19.2 Å². The van der Waals surface area contributed by atoms with Gasteiger partial charge in [0.1, 0.15) is 5.75 Å². The van der Waals surface area contributed by atoms with Gasteiger partial charge in [-0.05, 0) is 62.2 Å². The Morgan fingerprint density at radius 1 is 0.970 bits per heavy atom. The summed E-state index contributed by atoms with van der Waals surface area (Å²) in [6, 6.07) is 11.2. The van der Waals surface area contributed by atoms with Gasteiger partial charge in [-0.1, -0.05) is 19.3 Å². The number of nitrogens with zero attached hydrogens (tertiary/aromatic N) is 1. The van der Waals surface area contributed by atoms with Gasteiger partial charge in [0, 0.05) is 11.6 Å². The second-order valence-corrected chi connectivity index (χ2v) is 8.22. The summed E-state index contributed by atoms with van der Waals surface area (Å²) in [6.45, 7) is 2.24. The lowest BCUT2D eigenvalue weighted by atomic mass is 9.95. The molecular formula is C25H27N3O5. The molecule has 0 aromatic heterocycles. The number of amides is 4. The molecule has 1 saturated carbocycles. The van der Waals surface area contributed by atoms with Gasteiger partial charge in [0.25, 0.3) is 17.7 Å². The first-order chi connectivity index (χ1) is 16.0. The number of carbonyl (C=O) groups excluding carboxylic acids is 4. The molecule has 33 heavy (non-hydrogen) atoms. The van der Waals surface area contributed by atoms with Crippen molar-refractivity contribution in [1.29, 1.82) is 0 Å². The number of rotatable bonds is 7. The first kappa shape index (κ1) is 22.5. The molecule has 2 aromatic rings. The van der Waals surface area contributed by atoms with Crippen LogP contribution in [0.5, 0.6) is 5.75 Å². The molecule has 8 nitrogen and oxygen atoms in total. The molecule has 2 N–H and O–H groups in total. The number of benzene rings is 2. The molecule has 2 aliphatic rings. The second kappa shape index (κ2) is 9.85. The van der Waals surface area contributed by atoms with Crippen LogP contribution < -0.4 is 20.3 Å². The van der Waals surface area contributed by atoms with E-state index in [1.807, 2.05) is 6.92 Å². The van der Waals surface area contributed by atoms with Gasteiger partial charge in [0.05, 0.1) is 30.0 Å². The molecule has 2 aromatic carbocycles. The van der Waals surface area contributed by atoms with Gasteiger partial charge in [-0.25, -0.2) is 4.90 Å². The Bertz CT molecular complexity index is 1070. The number of ether oxygens (including phenoxy) is 1. The van der Waals surface area contributed by atoms with Crippen molar-refractivity contribution >= 4 is 29.3 Å². The quantitative estimate of drug-likeness (QED) is 0.632. The molecule has 172 valence electrons. The minimum absolute atomic E-state index is 0.141. The Morgan fingerprint density at radius 2 is 1.67 bits per heavy atom. The van der Waals surface area contributed by atoms with Gasteiger partial charge in [-0.3, -0.25) is 19.2 Å². The fraction of sp³-hybridized carbons (Fsp3) is 0.360. The maximum atomic E-state index is 13.0. The molecule has 0 bridgehead atoms. The zero-order valence-corrected chi connectivity index (χ0v) is 18.6. The monoisotopic (exact) mass is 449 g/mol. The van der Waals surface area contributed by atoms with Gasteiger partial charge < -0.3 is 15.4 Å². The van der Waals surface area contributed by atoms with Gasteiger partial charge >= 0.3 is 0 Å². The number of carbonyl (C=O) groups is 4. The van der Waals surface area contributed by atoms with E-state index >= 15 is 0 Å². The number of hydrogen-bond acceptors (Lipinski definition) is 5. The number of imide groups is 1. The summed E-state index contributed by atoms with van der Waals surface area (Å²) in [5.74, 6) is -1.01. The van der Waals surface area contributed by atoms with Crippen LogP contribution in [0.15, 0.2) is 42.5 Å². The van der Waals surface area contributed by atoms with Gasteiger partial charge in [0.15, 0.2) is 0 Å². The predicted molar refractivity (Wildman–Crippen MR) is 123 cm³/mol. The average Bonchev–Trinajstić information content (AvgIpc) is 3.08. The lowest BCUT2D eigenvalue weighted by molar-refractivity contribution is -0.121. The van der Waals surface area contributed by atoms with E-state index < -0.39 is 17.7 Å². The van der Waals surface area contributed by atoms with Crippen LogP contribution in [0, 0.1) is 0 Å². The SMILES string of the molecule is CCOc1ccc(N2C(=O)c3ccc(C(=O)NCC(=O)NC4CCCCC4)cc3C2=O)cc1. The maximum Gasteiger partial charge on any atom is 0.266 e. The highest BCUT2D eigenvalue weighted by Gasteiger charge is 2.37. The van der Waals surface area contributed by atoms with E-state index in [0.29, 0.717) is 18.0 Å². The third-order valence-corrected chi connectivity index (χ3v) is 5.93. The summed E-state index contributed by atoms with van der Waals surface area (Å²) in [7, 11) is 0. The predicted octanol–water partition coefficient (Wildman–Crippen LogP) is 3.06. The van der Waals surface area contributed by atoms with Crippen LogP contribution in [0.2, 0.25) is 0 Å². The molecule has 1 aliphatic carbocycles. The van der Waals surface area contributed by atoms with Crippen LogP contribution in [0.1, 0.15) is 70.1 Å². The van der Waals surface area contributed by atoms with Crippen molar-refractivity contribution < 1.29 is 23.9 Å². The molecule has 4 amide bonds. The van der Waals surface area contributed by atoms with Gasteiger partial charge in [-0.2, -0.15) is 0 Å². The Labute approximate surface area is 192 Å². The van der Waals surface area contributed by atoms with E-state index in [1.165, 1.54) is 24.6 Å². The third-order valence-electron chi connectivity index (χ3n) is 5.93. The zero-order valence-electron chi connectivity index (χ0n) is 18.6. The topological polar surface area (TPSA) is 105 Å². The maximum absolute atomic E-state index is 13.0. The summed E-state index contributed by atoms with van der Waals surface area (Å²) < 4.78 is 5.40. The summed E-state index contributed by atoms with van der Waals surface area (Å²) in [5, 5.41) is 5.54. The summed E-state index contributed by atoms with van der Waals surface area (Å²) >= 11 is 0. The Morgan fingerprint density at radius 3 is 2.36 bits per heavy atom. The van der Waals surface area contributed by atoms with E-state index in [4.69, 9.17) is 4.74 Å². The molecule has 8 heteroatoms. The van der Waals surface area contributed by atoms with Crippen LogP contribution in [0.3, 0.4) is 0 Å². The first-order valence-electron chi connectivity index (χ1n) is 11.3. The second-order valence-electron chi connectivity index (χ2n) is 8.22. The normalized spacial score (nSPS) is 15.8. The summed E-state index contributed by atoms with van der Waals surface area (Å²) in [6.07, 6.45) is 5.33. The highest BCUT2D eigenvalue weighted by molar-refractivity contribution is 6.34. The molecule has 0 spiro atoms. The third kappa shape index (κ3) is 4.89. The van der Waals surface area contributed by atoms with Crippen molar-refractivity contribution in [2.75, 3.05) is 18.1 Å². The molecule has 0 saturated heterocycles. The molecule has 4 rings (SSSR count). The van der Waals surface area contributed by atoms with Crippen molar-refractivity contribution in [1.82, 2.24) is 10.6 Å². The van der Waals surface area contributed by atoms with Crippen molar-refractivity contribution in [3.05, 3.63) is 59.2 Å². The van der Waals surface area contributed by atoms with E-state index in [0.717, 1.165) is 30.6 Å². The molecule has 0 radical (unpaired) electrons. The fourth-order valence-electron chi connectivity index (χ4n) is 4.26. The van der Waals surface area contributed by atoms with Crippen molar-refractivity contribution in [3.8, 4) is 5.75 Å². The Hall–Kier alpha value is -3.68. The van der Waals surface area contributed by atoms with Crippen molar-refractivity contribution in [2.24, 2.45) is 0 Å². The van der Waals surface area contributed by atoms with Crippen LogP contribution >= 0.6 is 0 Å². The van der Waals surface area contributed by atoms with Crippen LogP contribution in [0.25, 0.3) is 0 Å². The van der Waals surface area contributed by atoms with Gasteiger partial charge in [-0.15, -0.1) is 0 Å². The lowest BCUT2D eigenvalue weighted by Crippen LogP contribution is -2.42. The Kier molecular flexibility index (Phi) is 6.72. The summed E-state index contributed by atoms with van der Waals surface area (Å²) in [5.41, 5.74) is 1.04. The lowest BCUT2D eigenvalue weighted by Gasteiger charge is -2.22. The van der Waals surface area contributed by atoms with Crippen LogP contribution in [-0.4, -0.2) is 42.8 Å². The Balaban J connectivity index is 1.41. The number of anilines is 1. The van der Waals surface area contributed by atoms with Crippen molar-refractivity contribution in [2.45, 2.75) is 45.1 Å². The first-order valence-corrected chi connectivity index (χ1v) is 11.3. The smallest absolute Gasteiger partial charge is 0.266 e. The largest absolute Gasteiger partial charge is 0.494 e. The molecule has 1 fully saturated rings. The minimum atomic E-state index is -0.496. The van der Waals surface area contributed by atoms with E-state index in [1.54, 1.807) is 24.3 Å². The number of nitrogens with one attached hydrogen (secondary N) is 2. The minimum Gasteiger partial charge on any atom is -0.494 e. The zero-order chi connectivity index (χ0) is 23.4.